The van der Waals surface area contributed by atoms with Crippen molar-refractivity contribution in [2.45, 2.75) is 19.8 Å². The van der Waals surface area contributed by atoms with Gasteiger partial charge in [0.1, 0.15) is 5.75 Å². The van der Waals surface area contributed by atoms with Crippen molar-refractivity contribution in [2.75, 3.05) is 12.5 Å². The molecule has 1 nitrogen and oxygen atoms in total. The summed E-state index contributed by atoms with van der Waals surface area (Å²) in [4.78, 5) is 0. The quantitative estimate of drug-likeness (QED) is 0.560. The highest BCUT2D eigenvalue weighted by molar-refractivity contribution is 6.18. The average molecular weight is 223 g/mol. The van der Waals surface area contributed by atoms with Crippen molar-refractivity contribution in [1.29, 1.82) is 0 Å². The molecule has 0 aliphatic heterocycles. The second kappa shape index (κ2) is 7.20. The van der Waals surface area contributed by atoms with Crippen LogP contribution in [0.2, 0.25) is 0 Å². The summed E-state index contributed by atoms with van der Waals surface area (Å²) in [5.41, 5.74) is 0.941. The first kappa shape index (κ1) is 11.9. The number of para-hydroxylation sites is 1. The Morgan fingerprint density at radius 2 is 2.13 bits per heavy atom. The van der Waals surface area contributed by atoms with Crippen molar-refractivity contribution >= 4 is 11.6 Å². The smallest absolute Gasteiger partial charge is 0.134 e. The van der Waals surface area contributed by atoms with E-state index in [1.807, 2.05) is 24.3 Å². The zero-order valence-electron chi connectivity index (χ0n) is 8.92. The Balaban J connectivity index is 2.73. The second-order valence-electron chi connectivity index (χ2n) is 3.09. The fraction of sp³-hybridized carbons (Fsp3) is 0.385. The molecule has 0 heterocycles. The van der Waals surface area contributed by atoms with E-state index in [0.717, 1.165) is 24.3 Å². The SMILES string of the molecule is CCCOc1ccccc1C#CCCCl. The summed E-state index contributed by atoms with van der Waals surface area (Å²) in [7, 11) is 0. The molecule has 0 spiro atoms. The van der Waals surface area contributed by atoms with E-state index in [-0.39, 0.29) is 0 Å². The van der Waals surface area contributed by atoms with Crippen LogP contribution in [0.25, 0.3) is 0 Å². The van der Waals surface area contributed by atoms with Gasteiger partial charge in [0.2, 0.25) is 0 Å². The van der Waals surface area contributed by atoms with E-state index in [9.17, 15) is 0 Å². The molecule has 0 aliphatic carbocycles. The van der Waals surface area contributed by atoms with Gasteiger partial charge in [-0.05, 0) is 18.6 Å². The Hall–Kier alpha value is -1.13. The summed E-state index contributed by atoms with van der Waals surface area (Å²) in [5, 5.41) is 0. The molecule has 0 fully saturated rings. The van der Waals surface area contributed by atoms with E-state index in [1.54, 1.807) is 0 Å². The largest absolute Gasteiger partial charge is 0.492 e. The van der Waals surface area contributed by atoms with E-state index in [1.165, 1.54) is 0 Å². The maximum atomic E-state index is 5.58. The van der Waals surface area contributed by atoms with Gasteiger partial charge >= 0.3 is 0 Å². The molecule has 0 saturated heterocycles. The molecule has 0 saturated carbocycles. The van der Waals surface area contributed by atoms with Gasteiger partial charge in [-0.1, -0.05) is 30.9 Å². The van der Waals surface area contributed by atoms with Gasteiger partial charge in [-0.2, -0.15) is 0 Å². The molecule has 0 bridgehead atoms. The van der Waals surface area contributed by atoms with Crippen LogP contribution >= 0.6 is 11.6 Å². The molecular weight excluding hydrogens is 208 g/mol. The van der Waals surface area contributed by atoms with Gasteiger partial charge in [0.25, 0.3) is 0 Å². The predicted molar refractivity (Wildman–Crippen MR) is 64.4 cm³/mol. The minimum absolute atomic E-state index is 0.574. The first-order valence-corrected chi connectivity index (χ1v) is 5.68. The topological polar surface area (TPSA) is 9.23 Å². The van der Waals surface area contributed by atoms with Crippen LogP contribution in [0.1, 0.15) is 25.3 Å². The van der Waals surface area contributed by atoms with E-state index in [4.69, 9.17) is 16.3 Å². The number of alkyl halides is 1. The molecule has 2 heteroatoms. The van der Waals surface area contributed by atoms with Crippen LogP contribution in [0.15, 0.2) is 24.3 Å². The average Bonchev–Trinajstić information content (AvgIpc) is 2.28. The minimum Gasteiger partial charge on any atom is -0.492 e. The fourth-order valence-corrected chi connectivity index (χ4v) is 1.21. The van der Waals surface area contributed by atoms with Gasteiger partial charge in [0.05, 0.1) is 12.2 Å². The van der Waals surface area contributed by atoms with Gasteiger partial charge in [-0.3, -0.25) is 0 Å². The van der Waals surface area contributed by atoms with Gasteiger partial charge in [0.15, 0.2) is 0 Å². The lowest BCUT2D eigenvalue weighted by atomic mass is 10.2. The Morgan fingerprint density at radius 1 is 1.33 bits per heavy atom. The molecule has 0 aliphatic rings. The first-order chi connectivity index (χ1) is 7.38. The van der Waals surface area contributed by atoms with Gasteiger partial charge in [-0.25, -0.2) is 0 Å². The van der Waals surface area contributed by atoms with Gasteiger partial charge in [-0.15, -0.1) is 11.6 Å². The number of hydrogen-bond donors (Lipinski definition) is 0. The third kappa shape index (κ3) is 4.27. The van der Waals surface area contributed by atoms with Crippen molar-refractivity contribution in [3.8, 4) is 17.6 Å². The molecule has 80 valence electrons. The molecule has 0 amide bonds. The summed E-state index contributed by atoms with van der Waals surface area (Å²) in [5.74, 6) is 7.51. The van der Waals surface area contributed by atoms with Crippen molar-refractivity contribution in [3.63, 3.8) is 0 Å². The van der Waals surface area contributed by atoms with Gasteiger partial charge in [0, 0.05) is 12.3 Å². The maximum Gasteiger partial charge on any atom is 0.134 e. The number of benzene rings is 1. The Labute approximate surface area is 96.4 Å². The summed E-state index contributed by atoms with van der Waals surface area (Å²) in [6.07, 6.45) is 1.72. The minimum atomic E-state index is 0.574. The zero-order valence-corrected chi connectivity index (χ0v) is 9.68. The van der Waals surface area contributed by atoms with E-state index >= 15 is 0 Å². The van der Waals surface area contributed by atoms with Crippen molar-refractivity contribution in [3.05, 3.63) is 29.8 Å². The van der Waals surface area contributed by atoms with Crippen LogP contribution < -0.4 is 4.74 Å². The van der Waals surface area contributed by atoms with Crippen LogP contribution in [0.4, 0.5) is 0 Å². The van der Waals surface area contributed by atoms with Crippen molar-refractivity contribution in [1.82, 2.24) is 0 Å². The predicted octanol–water partition coefficient (Wildman–Crippen LogP) is 3.46. The molecule has 0 atom stereocenters. The highest BCUT2D eigenvalue weighted by Gasteiger charge is 1.98. The first-order valence-electron chi connectivity index (χ1n) is 5.15. The number of hydrogen-bond acceptors (Lipinski definition) is 1. The van der Waals surface area contributed by atoms with Crippen LogP contribution in [0.3, 0.4) is 0 Å². The highest BCUT2D eigenvalue weighted by atomic mass is 35.5. The third-order valence-electron chi connectivity index (χ3n) is 1.79. The lowest BCUT2D eigenvalue weighted by Crippen LogP contribution is -1.96. The summed E-state index contributed by atoms with van der Waals surface area (Å²) >= 11 is 5.56. The maximum absolute atomic E-state index is 5.58. The van der Waals surface area contributed by atoms with Crippen LogP contribution in [-0.2, 0) is 0 Å². The van der Waals surface area contributed by atoms with Crippen molar-refractivity contribution < 1.29 is 4.74 Å². The number of halogens is 1. The second-order valence-corrected chi connectivity index (χ2v) is 3.46. The summed E-state index contributed by atoms with van der Waals surface area (Å²) in [6.45, 7) is 2.82. The molecule has 15 heavy (non-hydrogen) atoms. The number of rotatable bonds is 4. The molecule has 1 rings (SSSR count). The lowest BCUT2D eigenvalue weighted by molar-refractivity contribution is 0.316. The Morgan fingerprint density at radius 3 is 2.87 bits per heavy atom. The summed E-state index contributed by atoms with van der Waals surface area (Å²) in [6, 6.07) is 7.83. The Bertz CT molecular complexity index is 349. The Kier molecular flexibility index (Phi) is 5.73. The molecule has 0 radical (unpaired) electrons. The van der Waals surface area contributed by atoms with Crippen molar-refractivity contribution in [2.24, 2.45) is 0 Å². The normalized spacial score (nSPS) is 9.20. The summed E-state index contributed by atoms with van der Waals surface area (Å²) < 4.78 is 5.58. The standard InChI is InChI=1S/C13H15ClO/c1-2-11-15-13-9-4-3-7-12(13)8-5-6-10-14/h3-4,7,9H,2,6,10-11H2,1H3. The molecular formula is C13H15ClO. The van der Waals surface area contributed by atoms with Crippen LogP contribution in [0.5, 0.6) is 5.75 Å². The molecule has 1 aromatic carbocycles. The van der Waals surface area contributed by atoms with E-state index in [2.05, 4.69) is 18.8 Å². The molecule has 1 aromatic rings. The molecule has 0 aromatic heterocycles. The van der Waals surface area contributed by atoms with Crippen LogP contribution in [0, 0.1) is 11.8 Å². The van der Waals surface area contributed by atoms with Crippen LogP contribution in [-0.4, -0.2) is 12.5 Å². The third-order valence-corrected chi connectivity index (χ3v) is 1.98. The highest BCUT2D eigenvalue weighted by Crippen LogP contribution is 2.16. The number of ether oxygens (including phenoxy) is 1. The monoisotopic (exact) mass is 222 g/mol. The lowest BCUT2D eigenvalue weighted by Gasteiger charge is -2.05. The van der Waals surface area contributed by atoms with E-state index < -0.39 is 0 Å². The fourth-order valence-electron chi connectivity index (χ4n) is 1.11. The van der Waals surface area contributed by atoms with E-state index in [0.29, 0.717) is 12.3 Å². The molecule has 0 N–H and O–H groups in total. The zero-order chi connectivity index (χ0) is 10.9. The van der Waals surface area contributed by atoms with Gasteiger partial charge < -0.3 is 4.74 Å². The molecule has 0 unspecified atom stereocenters.